The molecule has 0 saturated heterocycles. The van der Waals surface area contributed by atoms with Crippen molar-refractivity contribution in [2.75, 3.05) is 24.6 Å². The topological polar surface area (TPSA) is 64.3 Å². The van der Waals surface area contributed by atoms with Gasteiger partial charge in [-0.1, -0.05) is 6.07 Å². The molecule has 0 unspecified atom stereocenters. The Morgan fingerprint density at radius 1 is 1.33 bits per heavy atom. The van der Waals surface area contributed by atoms with Gasteiger partial charge in [0, 0.05) is 12.2 Å². The van der Waals surface area contributed by atoms with Crippen LogP contribution in [0.15, 0.2) is 36.7 Å². The maximum Gasteiger partial charge on any atom is 0.234 e. The Kier molecular flexibility index (Phi) is 5.45. The van der Waals surface area contributed by atoms with Crippen molar-refractivity contribution in [1.82, 2.24) is 9.97 Å². The number of anilines is 2. The number of aromatic nitrogens is 2. The van der Waals surface area contributed by atoms with Gasteiger partial charge in [-0.25, -0.2) is 4.39 Å². The molecule has 0 aliphatic rings. The zero-order valence-corrected chi connectivity index (χ0v) is 12.0. The van der Waals surface area contributed by atoms with Gasteiger partial charge < -0.3 is 15.4 Å². The molecule has 6 heteroatoms. The lowest BCUT2D eigenvalue weighted by Gasteiger charge is -2.23. The molecule has 0 fully saturated rings. The van der Waals surface area contributed by atoms with Crippen LogP contribution in [0.25, 0.3) is 0 Å². The van der Waals surface area contributed by atoms with E-state index in [2.05, 4.69) is 9.97 Å². The SMILES string of the molecule is CCOc1cncc(N(CCCN)c2cccc(F)c2)n1. The molecule has 112 valence electrons. The van der Waals surface area contributed by atoms with Crippen LogP contribution in [0.4, 0.5) is 15.9 Å². The first-order chi connectivity index (χ1) is 10.2. The highest BCUT2D eigenvalue weighted by Crippen LogP contribution is 2.25. The molecule has 2 rings (SSSR count). The molecule has 21 heavy (non-hydrogen) atoms. The lowest BCUT2D eigenvalue weighted by atomic mass is 10.2. The molecular weight excluding hydrogens is 271 g/mol. The highest BCUT2D eigenvalue weighted by molar-refractivity contribution is 5.59. The van der Waals surface area contributed by atoms with Gasteiger partial charge in [-0.2, -0.15) is 4.98 Å². The summed E-state index contributed by atoms with van der Waals surface area (Å²) < 4.78 is 18.8. The first kappa shape index (κ1) is 15.2. The third-order valence-corrected chi connectivity index (χ3v) is 2.87. The number of hydrogen-bond acceptors (Lipinski definition) is 5. The highest BCUT2D eigenvalue weighted by atomic mass is 19.1. The van der Waals surface area contributed by atoms with E-state index >= 15 is 0 Å². The molecule has 0 radical (unpaired) electrons. The Morgan fingerprint density at radius 3 is 2.90 bits per heavy atom. The lowest BCUT2D eigenvalue weighted by Crippen LogP contribution is -2.22. The second-order valence-electron chi connectivity index (χ2n) is 4.42. The number of benzene rings is 1. The molecule has 5 nitrogen and oxygen atoms in total. The fraction of sp³-hybridized carbons (Fsp3) is 0.333. The van der Waals surface area contributed by atoms with Crippen LogP contribution < -0.4 is 15.4 Å². The van der Waals surface area contributed by atoms with Crippen LogP contribution in [0.5, 0.6) is 5.88 Å². The Labute approximate surface area is 123 Å². The molecule has 0 atom stereocenters. The monoisotopic (exact) mass is 290 g/mol. The summed E-state index contributed by atoms with van der Waals surface area (Å²) in [6.45, 7) is 3.57. The minimum atomic E-state index is -0.292. The number of hydrogen-bond donors (Lipinski definition) is 1. The number of halogens is 1. The zero-order chi connectivity index (χ0) is 15.1. The van der Waals surface area contributed by atoms with Gasteiger partial charge in [-0.15, -0.1) is 0 Å². The minimum Gasteiger partial charge on any atom is -0.477 e. The third-order valence-electron chi connectivity index (χ3n) is 2.87. The van der Waals surface area contributed by atoms with Gasteiger partial charge >= 0.3 is 0 Å². The van der Waals surface area contributed by atoms with E-state index in [1.807, 2.05) is 17.9 Å². The molecular formula is C15H19FN4O. The maximum absolute atomic E-state index is 13.5. The first-order valence-corrected chi connectivity index (χ1v) is 6.92. The van der Waals surface area contributed by atoms with Crippen LogP contribution in [0.1, 0.15) is 13.3 Å². The fourth-order valence-electron chi connectivity index (χ4n) is 1.96. The molecule has 1 heterocycles. The van der Waals surface area contributed by atoms with Crippen LogP contribution in [-0.2, 0) is 0 Å². The minimum absolute atomic E-state index is 0.292. The van der Waals surface area contributed by atoms with Crippen molar-refractivity contribution in [3.63, 3.8) is 0 Å². The van der Waals surface area contributed by atoms with Gasteiger partial charge in [0.25, 0.3) is 0 Å². The summed E-state index contributed by atoms with van der Waals surface area (Å²) in [4.78, 5) is 10.4. The van der Waals surface area contributed by atoms with Crippen LogP contribution in [0.3, 0.4) is 0 Å². The Morgan fingerprint density at radius 2 is 2.19 bits per heavy atom. The van der Waals surface area contributed by atoms with Gasteiger partial charge in [0.1, 0.15) is 5.82 Å². The average molecular weight is 290 g/mol. The molecule has 0 amide bonds. The number of nitrogens with two attached hydrogens (primary N) is 1. The molecule has 1 aromatic carbocycles. The summed E-state index contributed by atoms with van der Waals surface area (Å²) in [5.41, 5.74) is 6.29. The summed E-state index contributed by atoms with van der Waals surface area (Å²) >= 11 is 0. The smallest absolute Gasteiger partial charge is 0.234 e. The summed E-state index contributed by atoms with van der Waals surface area (Å²) in [6, 6.07) is 6.37. The third kappa shape index (κ3) is 4.13. The molecule has 0 bridgehead atoms. The summed E-state index contributed by atoms with van der Waals surface area (Å²) in [7, 11) is 0. The molecule has 0 saturated carbocycles. The Balaban J connectivity index is 2.33. The second kappa shape index (κ2) is 7.54. The maximum atomic E-state index is 13.5. The van der Waals surface area contributed by atoms with Crippen LogP contribution >= 0.6 is 0 Å². The zero-order valence-electron chi connectivity index (χ0n) is 12.0. The molecule has 0 aliphatic heterocycles. The van der Waals surface area contributed by atoms with E-state index in [0.717, 1.165) is 6.42 Å². The largest absolute Gasteiger partial charge is 0.477 e. The van der Waals surface area contributed by atoms with E-state index in [1.54, 1.807) is 18.5 Å². The van der Waals surface area contributed by atoms with Crippen molar-refractivity contribution >= 4 is 11.5 Å². The summed E-state index contributed by atoms with van der Waals surface area (Å²) in [5.74, 6) is 0.767. The van der Waals surface area contributed by atoms with Gasteiger partial charge in [-0.05, 0) is 38.1 Å². The molecule has 0 aliphatic carbocycles. The van der Waals surface area contributed by atoms with Crippen LogP contribution in [0, 0.1) is 5.82 Å². The van der Waals surface area contributed by atoms with E-state index in [-0.39, 0.29) is 5.82 Å². The summed E-state index contributed by atoms with van der Waals surface area (Å²) in [6.07, 6.45) is 3.95. The summed E-state index contributed by atoms with van der Waals surface area (Å²) in [5, 5.41) is 0. The predicted molar refractivity (Wildman–Crippen MR) is 80.3 cm³/mol. The number of nitrogens with zero attached hydrogens (tertiary/aromatic N) is 3. The van der Waals surface area contributed by atoms with E-state index in [9.17, 15) is 4.39 Å². The van der Waals surface area contributed by atoms with Crippen molar-refractivity contribution in [2.45, 2.75) is 13.3 Å². The van der Waals surface area contributed by atoms with Gasteiger partial charge in [0.2, 0.25) is 5.88 Å². The molecule has 2 aromatic rings. The number of rotatable bonds is 7. The van der Waals surface area contributed by atoms with Gasteiger partial charge in [-0.3, -0.25) is 4.98 Å². The van der Waals surface area contributed by atoms with E-state index in [0.29, 0.717) is 37.1 Å². The second-order valence-corrected chi connectivity index (χ2v) is 4.42. The van der Waals surface area contributed by atoms with Gasteiger partial charge in [0.05, 0.1) is 19.0 Å². The highest BCUT2D eigenvalue weighted by Gasteiger charge is 2.12. The normalized spacial score (nSPS) is 10.4. The van der Waals surface area contributed by atoms with Crippen molar-refractivity contribution in [3.05, 3.63) is 42.5 Å². The van der Waals surface area contributed by atoms with Crippen LogP contribution in [-0.4, -0.2) is 29.7 Å². The van der Waals surface area contributed by atoms with E-state index in [1.165, 1.54) is 12.1 Å². The van der Waals surface area contributed by atoms with E-state index in [4.69, 9.17) is 10.5 Å². The van der Waals surface area contributed by atoms with Crippen molar-refractivity contribution in [2.24, 2.45) is 5.73 Å². The first-order valence-electron chi connectivity index (χ1n) is 6.92. The van der Waals surface area contributed by atoms with Crippen LogP contribution in [0.2, 0.25) is 0 Å². The van der Waals surface area contributed by atoms with Crippen molar-refractivity contribution in [3.8, 4) is 5.88 Å². The van der Waals surface area contributed by atoms with Crippen molar-refractivity contribution in [1.29, 1.82) is 0 Å². The standard InChI is InChI=1S/C15H19FN4O/c1-2-21-15-11-18-10-14(19-15)20(8-4-7-17)13-6-3-5-12(16)9-13/h3,5-6,9-11H,2,4,7-8,17H2,1H3. The Bertz CT molecular complexity index is 579. The predicted octanol–water partition coefficient (Wildman–Crippen LogP) is 2.50. The fourth-order valence-corrected chi connectivity index (χ4v) is 1.96. The number of ether oxygens (including phenoxy) is 1. The average Bonchev–Trinajstić information content (AvgIpc) is 2.49. The molecule has 1 aromatic heterocycles. The molecule has 2 N–H and O–H groups in total. The molecule has 0 spiro atoms. The van der Waals surface area contributed by atoms with E-state index < -0.39 is 0 Å². The Hall–Kier alpha value is -2.21. The van der Waals surface area contributed by atoms with Gasteiger partial charge in [0.15, 0.2) is 5.82 Å². The quantitative estimate of drug-likeness (QED) is 0.848. The lowest BCUT2D eigenvalue weighted by molar-refractivity contribution is 0.325. The van der Waals surface area contributed by atoms with Crippen molar-refractivity contribution < 1.29 is 9.13 Å².